The zero-order valence-electron chi connectivity index (χ0n) is 13.8. The maximum absolute atomic E-state index is 12.8. The second-order valence-electron chi connectivity index (χ2n) is 6.09. The number of carbonyl (C=O) groups is 1. The van der Waals surface area contributed by atoms with Gasteiger partial charge in [-0.1, -0.05) is 17.3 Å². The molecule has 3 aromatic rings. The fraction of sp³-hybridized carbons (Fsp3) is 0.353. The second-order valence-corrected chi connectivity index (χ2v) is 6.09. The van der Waals surface area contributed by atoms with E-state index in [1.165, 1.54) is 6.39 Å². The maximum atomic E-state index is 12.8. The number of nitrogens with one attached hydrogen (secondary N) is 1. The van der Waals surface area contributed by atoms with E-state index in [2.05, 4.69) is 30.3 Å². The van der Waals surface area contributed by atoms with E-state index in [0.717, 1.165) is 36.1 Å². The Kier molecular flexibility index (Phi) is 4.01. The number of anilines is 1. The highest BCUT2D eigenvalue weighted by molar-refractivity contribution is 5.93. The van der Waals surface area contributed by atoms with Gasteiger partial charge in [0.1, 0.15) is 18.2 Å². The van der Waals surface area contributed by atoms with E-state index in [0.29, 0.717) is 5.82 Å². The summed E-state index contributed by atoms with van der Waals surface area (Å²) in [6.07, 6.45) is 4.52. The molecular formula is C17H18N6O2. The van der Waals surface area contributed by atoms with Gasteiger partial charge in [0.05, 0.1) is 11.6 Å². The first-order valence-electron chi connectivity index (χ1n) is 8.27. The molecule has 1 amide bonds. The average molecular weight is 338 g/mol. The highest BCUT2D eigenvalue weighted by atomic mass is 16.5. The van der Waals surface area contributed by atoms with Gasteiger partial charge in [-0.15, -0.1) is 0 Å². The molecule has 1 aliphatic rings. The molecular weight excluding hydrogens is 320 g/mol. The van der Waals surface area contributed by atoms with Gasteiger partial charge >= 0.3 is 0 Å². The fourth-order valence-corrected chi connectivity index (χ4v) is 3.26. The van der Waals surface area contributed by atoms with Crippen LogP contribution in [0.5, 0.6) is 0 Å². The van der Waals surface area contributed by atoms with Gasteiger partial charge in [-0.2, -0.15) is 4.98 Å². The number of hydrogen-bond donors (Lipinski definition) is 1. The van der Waals surface area contributed by atoms with Crippen molar-refractivity contribution in [1.82, 2.24) is 25.4 Å². The molecule has 2 aromatic heterocycles. The molecule has 0 unspecified atom stereocenters. The summed E-state index contributed by atoms with van der Waals surface area (Å²) in [6, 6.07) is 7.26. The summed E-state index contributed by atoms with van der Waals surface area (Å²) in [6.45, 7) is 2.62. The molecule has 0 spiro atoms. The maximum Gasteiger partial charge on any atom is 0.243 e. The molecule has 0 saturated carbocycles. The number of para-hydroxylation sites is 1. The molecule has 1 aromatic carbocycles. The van der Waals surface area contributed by atoms with Gasteiger partial charge in [0.15, 0.2) is 5.82 Å². The first kappa shape index (κ1) is 15.5. The summed E-state index contributed by atoms with van der Waals surface area (Å²) in [5.41, 5.74) is 0.874. The van der Waals surface area contributed by atoms with Gasteiger partial charge in [0, 0.05) is 11.9 Å². The van der Waals surface area contributed by atoms with E-state index in [1.807, 2.05) is 31.2 Å². The quantitative estimate of drug-likeness (QED) is 0.775. The molecule has 1 N–H and O–H groups in total. The van der Waals surface area contributed by atoms with E-state index in [9.17, 15) is 4.79 Å². The molecule has 1 saturated heterocycles. The summed E-state index contributed by atoms with van der Waals surface area (Å²) < 4.78 is 4.74. The lowest BCUT2D eigenvalue weighted by atomic mass is 10.1. The van der Waals surface area contributed by atoms with Gasteiger partial charge in [0.2, 0.25) is 12.3 Å². The molecule has 0 aliphatic carbocycles. The lowest BCUT2D eigenvalue weighted by Crippen LogP contribution is -2.44. The Balaban J connectivity index is 1.58. The van der Waals surface area contributed by atoms with Gasteiger partial charge < -0.3 is 14.7 Å². The number of amides is 1. The molecule has 4 rings (SSSR count). The number of aromatic nitrogens is 4. The SMILES string of the molecule is C[C@@H](NC(=O)[C@H]1CCCN1c1ncnc2ccccc12)c1ncon1. The standard InChI is InChI=1S/C17H18N6O2/c1-11(15-20-10-25-22-15)21-17(24)14-7-4-8-23(14)16-12-5-2-3-6-13(12)18-9-19-16/h2-3,5-6,9-11,14H,4,7-8H2,1H3,(H,21,24)/t11-,14-/m1/s1. The third kappa shape index (κ3) is 2.90. The van der Waals surface area contributed by atoms with Gasteiger partial charge in [-0.3, -0.25) is 4.79 Å². The Bertz CT molecular complexity index is 876. The summed E-state index contributed by atoms with van der Waals surface area (Å²) in [5.74, 6) is 1.21. The zero-order valence-corrected chi connectivity index (χ0v) is 13.8. The third-order valence-corrected chi connectivity index (χ3v) is 4.47. The number of benzene rings is 1. The second kappa shape index (κ2) is 6.46. The smallest absolute Gasteiger partial charge is 0.243 e. The van der Waals surface area contributed by atoms with Gasteiger partial charge in [-0.05, 0) is 31.9 Å². The monoisotopic (exact) mass is 338 g/mol. The predicted molar refractivity (Wildman–Crippen MR) is 90.8 cm³/mol. The fourth-order valence-electron chi connectivity index (χ4n) is 3.26. The molecule has 0 bridgehead atoms. The predicted octanol–water partition coefficient (Wildman–Crippen LogP) is 1.86. The highest BCUT2D eigenvalue weighted by Crippen LogP contribution is 2.29. The first-order chi connectivity index (χ1) is 12.2. The van der Waals surface area contributed by atoms with Crippen molar-refractivity contribution in [3.05, 3.63) is 42.8 Å². The van der Waals surface area contributed by atoms with Crippen molar-refractivity contribution < 1.29 is 9.32 Å². The van der Waals surface area contributed by atoms with E-state index < -0.39 is 0 Å². The van der Waals surface area contributed by atoms with Crippen LogP contribution in [0.15, 0.2) is 41.5 Å². The Morgan fingerprint density at radius 2 is 2.20 bits per heavy atom. The zero-order chi connectivity index (χ0) is 17.2. The minimum atomic E-state index is -0.309. The first-order valence-corrected chi connectivity index (χ1v) is 8.27. The lowest BCUT2D eigenvalue weighted by molar-refractivity contribution is -0.122. The minimum Gasteiger partial charge on any atom is -0.344 e. The molecule has 1 fully saturated rings. The topological polar surface area (TPSA) is 97.0 Å². The largest absolute Gasteiger partial charge is 0.344 e. The Morgan fingerprint density at radius 1 is 1.32 bits per heavy atom. The van der Waals surface area contributed by atoms with Crippen molar-refractivity contribution in [1.29, 1.82) is 0 Å². The number of nitrogens with zero attached hydrogens (tertiary/aromatic N) is 5. The molecule has 25 heavy (non-hydrogen) atoms. The van der Waals surface area contributed by atoms with Crippen LogP contribution < -0.4 is 10.2 Å². The Morgan fingerprint density at radius 3 is 3.04 bits per heavy atom. The summed E-state index contributed by atoms with van der Waals surface area (Å²) in [4.78, 5) is 27.6. The number of rotatable bonds is 4. The molecule has 8 heteroatoms. The van der Waals surface area contributed by atoms with Gasteiger partial charge in [-0.25, -0.2) is 9.97 Å². The average Bonchev–Trinajstić information content (AvgIpc) is 3.33. The third-order valence-electron chi connectivity index (χ3n) is 4.47. The lowest BCUT2D eigenvalue weighted by Gasteiger charge is -2.26. The number of hydrogen-bond acceptors (Lipinski definition) is 7. The van der Waals surface area contributed by atoms with Crippen LogP contribution in [0.2, 0.25) is 0 Å². The molecule has 8 nitrogen and oxygen atoms in total. The van der Waals surface area contributed by atoms with Crippen LogP contribution in [0.1, 0.15) is 31.6 Å². The summed E-state index contributed by atoms with van der Waals surface area (Å²) in [5, 5.41) is 7.70. The van der Waals surface area contributed by atoms with Crippen LogP contribution in [0.25, 0.3) is 10.9 Å². The minimum absolute atomic E-state index is 0.0579. The van der Waals surface area contributed by atoms with Crippen molar-refractivity contribution in [2.24, 2.45) is 0 Å². The van der Waals surface area contributed by atoms with Crippen LogP contribution in [-0.4, -0.2) is 38.6 Å². The normalized spacial score (nSPS) is 18.4. The van der Waals surface area contributed by atoms with Gasteiger partial charge in [0.25, 0.3) is 0 Å². The Labute approximate surface area is 144 Å². The van der Waals surface area contributed by atoms with Crippen molar-refractivity contribution in [3.63, 3.8) is 0 Å². The summed E-state index contributed by atoms with van der Waals surface area (Å²) >= 11 is 0. The molecule has 3 heterocycles. The van der Waals surface area contributed by atoms with Crippen LogP contribution in [0.4, 0.5) is 5.82 Å². The Hall–Kier alpha value is -3.03. The van der Waals surface area contributed by atoms with E-state index in [4.69, 9.17) is 4.52 Å². The van der Waals surface area contributed by atoms with E-state index in [-0.39, 0.29) is 18.0 Å². The number of carbonyl (C=O) groups excluding carboxylic acids is 1. The molecule has 2 atom stereocenters. The molecule has 128 valence electrons. The van der Waals surface area contributed by atoms with E-state index in [1.54, 1.807) is 6.33 Å². The van der Waals surface area contributed by atoms with Crippen molar-refractivity contribution >= 4 is 22.6 Å². The van der Waals surface area contributed by atoms with Crippen LogP contribution in [0, 0.1) is 0 Å². The van der Waals surface area contributed by atoms with Crippen LogP contribution in [0.3, 0.4) is 0 Å². The summed E-state index contributed by atoms with van der Waals surface area (Å²) in [7, 11) is 0. The molecule has 1 aliphatic heterocycles. The van der Waals surface area contributed by atoms with Crippen molar-refractivity contribution in [2.45, 2.75) is 31.8 Å². The van der Waals surface area contributed by atoms with E-state index >= 15 is 0 Å². The van der Waals surface area contributed by atoms with Crippen LogP contribution in [-0.2, 0) is 4.79 Å². The molecule has 0 radical (unpaired) electrons. The van der Waals surface area contributed by atoms with Crippen LogP contribution >= 0.6 is 0 Å². The van der Waals surface area contributed by atoms with Crippen molar-refractivity contribution in [3.8, 4) is 0 Å². The highest BCUT2D eigenvalue weighted by Gasteiger charge is 2.33. The number of fused-ring (bicyclic) bond motifs is 1. The van der Waals surface area contributed by atoms with Crippen molar-refractivity contribution in [2.75, 3.05) is 11.4 Å².